The Balaban J connectivity index is 2.22. The molecule has 130 valence electrons. The second-order valence-electron chi connectivity index (χ2n) is 7.52. The lowest BCUT2D eigenvalue weighted by atomic mass is 9.74. The van der Waals surface area contributed by atoms with E-state index in [1.807, 2.05) is 51.1 Å². The van der Waals surface area contributed by atoms with Crippen LogP contribution in [0.5, 0.6) is 0 Å². The average Bonchev–Trinajstić information content (AvgIpc) is 2.55. The fourth-order valence-corrected chi connectivity index (χ4v) is 3.61. The molecule has 0 aliphatic heterocycles. The number of hydrogen-bond donors (Lipinski definition) is 1. The third-order valence-electron chi connectivity index (χ3n) is 5.13. The summed E-state index contributed by atoms with van der Waals surface area (Å²) in [6, 6.07) is 11.8. The van der Waals surface area contributed by atoms with Crippen molar-refractivity contribution in [2.24, 2.45) is 5.41 Å². The van der Waals surface area contributed by atoms with Gasteiger partial charge in [0.15, 0.2) is 5.78 Å². The van der Waals surface area contributed by atoms with Crippen LogP contribution in [-0.4, -0.2) is 10.9 Å². The number of aliphatic hydroxyl groups is 1. The van der Waals surface area contributed by atoms with Crippen molar-refractivity contribution in [3.8, 4) is 11.1 Å². The van der Waals surface area contributed by atoms with Gasteiger partial charge in [0, 0.05) is 16.9 Å². The van der Waals surface area contributed by atoms with Crippen molar-refractivity contribution in [2.45, 2.75) is 40.5 Å². The maximum atomic E-state index is 12.6. The third-order valence-corrected chi connectivity index (χ3v) is 5.38. The third kappa shape index (κ3) is 3.23. The summed E-state index contributed by atoms with van der Waals surface area (Å²) >= 11 is 6.00. The number of aryl methyl sites for hydroxylation is 2. The predicted molar refractivity (Wildman–Crippen MR) is 104 cm³/mol. The fraction of sp³-hybridized carbons (Fsp3) is 0.318. The van der Waals surface area contributed by atoms with E-state index in [-0.39, 0.29) is 17.0 Å². The maximum absolute atomic E-state index is 12.6. The number of carbonyl (C=O) groups excluding carboxylic acids is 1. The summed E-state index contributed by atoms with van der Waals surface area (Å²) in [5.74, 6) is 0.226. The number of rotatable bonds is 2. The molecular formula is C22H23ClO2. The maximum Gasteiger partial charge on any atom is 0.166 e. The summed E-state index contributed by atoms with van der Waals surface area (Å²) < 4.78 is 0. The van der Waals surface area contributed by atoms with Gasteiger partial charge in [-0.25, -0.2) is 0 Å². The van der Waals surface area contributed by atoms with Crippen LogP contribution < -0.4 is 0 Å². The molecule has 0 aromatic heterocycles. The predicted octanol–water partition coefficient (Wildman–Crippen LogP) is 6.28. The van der Waals surface area contributed by atoms with Crippen molar-refractivity contribution in [1.82, 2.24) is 0 Å². The number of Topliss-reactive ketones (excluding diaryl/α,β-unsaturated/α-hetero) is 1. The van der Waals surface area contributed by atoms with E-state index in [1.165, 1.54) is 0 Å². The summed E-state index contributed by atoms with van der Waals surface area (Å²) in [5.41, 5.74) is 5.16. The fourth-order valence-electron chi connectivity index (χ4n) is 3.48. The van der Waals surface area contributed by atoms with Gasteiger partial charge in [0.25, 0.3) is 0 Å². The normalized spacial score (nSPS) is 17.1. The van der Waals surface area contributed by atoms with Gasteiger partial charge < -0.3 is 5.11 Å². The minimum Gasteiger partial charge on any atom is -0.511 e. The monoisotopic (exact) mass is 354 g/mol. The van der Waals surface area contributed by atoms with Crippen LogP contribution in [0, 0.1) is 19.3 Å². The van der Waals surface area contributed by atoms with Gasteiger partial charge >= 0.3 is 0 Å². The van der Waals surface area contributed by atoms with Crippen LogP contribution in [-0.2, 0) is 4.79 Å². The Labute approximate surface area is 154 Å². The van der Waals surface area contributed by atoms with Crippen molar-refractivity contribution in [1.29, 1.82) is 0 Å². The quantitative estimate of drug-likeness (QED) is 0.688. The number of allylic oxidation sites excluding steroid dienone is 2. The van der Waals surface area contributed by atoms with E-state index >= 15 is 0 Å². The number of carbonyl (C=O) groups is 1. The first-order valence-electron chi connectivity index (χ1n) is 8.55. The molecule has 25 heavy (non-hydrogen) atoms. The number of benzene rings is 2. The molecule has 0 amide bonds. The molecular weight excluding hydrogens is 332 g/mol. The highest BCUT2D eigenvalue weighted by atomic mass is 35.5. The van der Waals surface area contributed by atoms with E-state index in [4.69, 9.17) is 11.6 Å². The molecule has 2 nitrogen and oxygen atoms in total. The van der Waals surface area contributed by atoms with E-state index in [1.54, 1.807) is 0 Å². The van der Waals surface area contributed by atoms with Gasteiger partial charge in [0.2, 0.25) is 0 Å². The van der Waals surface area contributed by atoms with Gasteiger partial charge in [-0.2, -0.15) is 0 Å². The topological polar surface area (TPSA) is 37.3 Å². The van der Waals surface area contributed by atoms with Crippen LogP contribution in [0.25, 0.3) is 16.7 Å². The van der Waals surface area contributed by atoms with Gasteiger partial charge in [0.1, 0.15) is 5.76 Å². The zero-order valence-electron chi connectivity index (χ0n) is 15.1. The molecule has 1 aliphatic rings. The highest BCUT2D eigenvalue weighted by Crippen LogP contribution is 2.42. The molecule has 0 fully saturated rings. The van der Waals surface area contributed by atoms with Crippen molar-refractivity contribution in [3.05, 3.63) is 63.9 Å². The van der Waals surface area contributed by atoms with E-state index in [9.17, 15) is 9.90 Å². The molecule has 0 unspecified atom stereocenters. The molecule has 0 saturated carbocycles. The molecule has 0 spiro atoms. The summed E-state index contributed by atoms with van der Waals surface area (Å²) in [7, 11) is 0. The van der Waals surface area contributed by atoms with Crippen molar-refractivity contribution in [2.75, 3.05) is 0 Å². The van der Waals surface area contributed by atoms with E-state index < -0.39 is 0 Å². The van der Waals surface area contributed by atoms with Gasteiger partial charge in [-0.15, -0.1) is 0 Å². The van der Waals surface area contributed by atoms with Gasteiger partial charge in [0.05, 0.1) is 5.57 Å². The Bertz CT molecular complexity index is 874. The Hall–Kier alpha value is -2.06. The first-order chi connectivity index (χ1) is 11.7. The lowest BCUT2D eigenvalue weighted by molar-refractivity contribution is -0.115. The smallest absolute Gasteiger partial charge is 0.166 e. The number of ketones is 1. The van der Waals surface area contributed by atoms with Crippen LogP contribution in [0.1, 0.15) is 43.4 Å². The molecule has 0 atom stereocenters. The van der Waals surface area contributed by atoms with Gasteiger partial charge in [-0.3, -0.25) is 4.79 Å². The van der Waals surface area contributed by atoms with Crippen molar-refractivity contribution >= 4 is 23.0 Å². The molecule has 0 saturated heterocycles. The summed E-state index contributed by atoms with van der Waals surface area (Å²) in [6.45, 7) is 8.02. The average molecular weight is 355 g/mol. The zero-order valence-corrected chi connectivity index (χ0v) is 15.9. The Morgan fingerprint density at radius 2 is 1.60 bits per heavy atom. The molecule has 0 radical (unpaired) electrons. The zero-order chi connectivity index (χ0) is 18.4. The minimum atomic E-state index is -0.374. The minimum absolute atomic E-state index is 0.0193. The van der Waals surface area contributed by atoms with Crippen LogP contribution >= 0.6 is 11.6 Å². The molecule has 1 aliphatic carbocycles. The van der Waals surface area contributed by atoms with Crippen LogP contribution in [0.15, 0.2) is 42.2 Å². The van der Waals surface area contributed by atoms with Gasteiger partial charge in [-0.05, 0) is 66.3 Å². The van der Waals surface area contributed by atoms with Crippen LogP contribution in [0.3, 0.4) is 0 Å². The second kappa shape index (κ2) is 6.34. The van der Waals surface area contributed by atoms with E-state index in [0.29, 0.717) is 23.4 Å². The molecule has 2 aromatic rings. The molecule has 0 heterocycles. The Morgan fingerprint density at radius 3 is 2.24 bits per heavy atom. The molecule has 3 heteroatoms. The first-order valence-corrected chi connectivity index (χ1v) is 8.93. The van der Waals surface area contributed by atoms with Crippen molar-refractivity contribution in [3.63, 3.8) is 0 Å². The van der Waals surface area contributed by atoms with Crippen LogP contribution in [0.4, 0.5) is 0 Å². The second-order valence-corrected chi connectivity index (χ2v) is 7.96. The Kier molecular flexibility index (Phi) is 4.51. The number of aliphatic hydroxyl groups excluding tert-OH is 1. The number of hydrogen-bond acceptors (Lipinski definition) is 2. The highest BCUT2D eigenvalue weighted by Gasteiger charge is 2.35. The largest absolute Gasteiger partial charge is 0.511 e. The molecule has 3 rings (SSSR count). The van der Waals surface area contributed by atoms with Gasteiger partial charge in [-0.1, -0.05) is 43.6 Å². The molecule has 0 bridgehead atoms. The van der Waals surface area contributed by atoms with Crippen LogP contribution in [0.2, 0.25) is 5.02 Å². The summed E-state index contributed by atoms with van der Waals surface area (Å²) in [4.78, 5) is 12.6. The SMILES string of the molecule is Cc1cc(C)c(-c2ccc(Cl)cc2)cc1C1=C(O)C(C)(C)CCC1=O. The standard InChI is InChI=1S/C22H23ClO2/c1-13-11-14(2)18(12-17(13)15-5-7-16(23)8-6-15)20-19(24)9-10-22(3,4)21(20)25/h5-8,11-12,25H,9-10H2,1-4H3. The molecule has 1 N–H and O–H groups in total. The summed E-state index contributed by atoms with van der Waals surface area (Å²) in [6.07, 6.45) is 1.14. The summed E-state index contributed by atoms with van der Waals surface area (Å²) in [5, 5.41) is 11.4. The Morgan fingerprint density at radius 1 is 1.00 bits per heavy atom. The lowest BCUT2D eigenvalue weighted by Gasteiger charge is -2.31. The number of halogens is 1. The lowest BCUT2D eigenvalue weighted by Crippen LogP contribution is -2.25. The van der Waals surface area contributed by atoms with E-state index in [0.717, 1.165) is 27.8 Å². The highest BCUT2D eigenvalue weighted by molar-refractivity contribution is 6.30. The first kappa shape index (κ1) is 17.8. The van der Waals surface area contributed by atoms with Crippen molar-refractivity contribution < 1.29 is 9.90 Å². The molecule has 2 aromatic carbocycles. The van der Waals surface area contributed by atoms with E-state index in [2.05, 4.69) is 13.0 Å².